The number of nitrogens with zero attached hydrogens (tertiary/aromatic N) is 1. The molecular weight excluding hydrogens is 384 g/mol. The minimum atomic E-state index is -0.978. The molecule has 1 atom stereocenters. The van der Waals surface area contributed by atoms with Crippen LogP contribution in [0.2, 0.25) is 0 Å². The fraction of sp³-hybridized carbons (Fsp3) is 0.174. The number of ether oxygens (including phenoxy) is 1. The molecule has 1 N–H and O–H groups in total. The molecule has 4 rings (SSSR count). The first-order valence-corrected chi connectivity index (χ1v) is 9.49. The Labute approximate surface area is 172 Å². The molecule has 0 fully saturated rings. The van der Waals surface area contributed by atoms with Crippen LogP contribution < -0.4 is 5.32 Å². The number of hydrogen-bond acceptors (Lipinski definition) is 6. The molecule has 0 aliphatic heterocycles. The predicted octanol–water partition coefficient (Wildman–Crippen LogP) is 4.26. The van der Waals surface area contributed by atoms with Gasteiger partial charge in [-0.15, -0.1) is 0 Å². The van der Waals surface area contributed by atoms with Gasteiger partial charge in [-0.25, -0.2) is 9.78 Å². The van der Waals surface area contributed by atoms with Crippen LogP contribution in [0.3, 0.4) is 0 Å². The van der Waals surface area contributed by atoms with Gasteiger partial charge in [0, 0.05) is 5.39 Å². The summed E-state index contributed by atoms with van der Waals surface area (Å²) < 4.78 is 16.3. The van der Waals surface area contributed by atoms with Crippen LogP contribution in [0.15, 0.2) is 69.7 Å². The van der Waals surface area contributed by atoms with Gasteiger partial charge in [-0.05, 0) is 50.2 Å². The van der Waals surface area contributed by atoms with Gasteiger partial charge in [0.1, 0.15) is 17.2 Å². The zero-order valence-corrected chi connectivity index (χ0v) is 16.5. The molecule has 0 aliphatic carbocycles. The van der Waals surface area contributed by atoms with E-state index in [1.54, 1.807) is 30.3 Å². The Kier molecular flexibility index (Phi) is 5.34. The van der Waals surface area contributed by atoms with E-state index in [1.165, 1.54) is 13.2 Å². The number of carbonyl (C=O) groups excluding carboxylic acids is 2. The van der Waals surface area contributed by atoms with Crippen molar-refractivity contribution in [2.75, 3.05) is 0 Å². The van der Waals surface area contributed by atoms with Crippen LogP contribution in [-0.4, -0.2) is 23.0 Å². The summed E-state index contributed by atoms with van der Waals surface area (Å²) in [5, 5.41) is 3.32. The SMILES string of the molecule is Cc1ccc(-c2cc(C(=O)O[C@@H](C)C(=O)NCc3ccco3)c3ccccc3n2)o1. The highest BCUT2D eigenvalue weighted by molar-refractivity contribution is 6.05. The lowest BCUT2D eigenvalue weighted by Gasteiger charge is -2.14. The Morgan fingerprint density at radius 3 is 2.70 bits per heavy atom. The molecule has 3 heterocycles. The van der Waals surface area contributed by atoms with Gasteiger partial charge < -0.3 is 18.9 Å². The van der Waals surface area contributed by atoms with E-state index in [2.05, 4.69) is 10.3 Å². The minimum Gasteiger partial charge on any atom is -0.467 e. The number of nitrogens with one attached hydrogen (secondary N) is 1. The molecule has 1 aromatic carbocycles. The van der Waals surface area contributed by atoms with Crippen molar-refractivity contribution in [2.45, 2.75) is 26.5 Å². The van der Waals surface area contributed by atoms with E-state index in [0.29, 0.717) is 33.7 Å². The number of aromatic nitrogens is 1. The monoisotopic (exact) mass is 404 g/mol. The highest BCUT2D eigenvalue weighted by atomic mass is 16.5. The van der Waals surface area contributed by atoms with Gasteiger partial charge in [0.05, 0.1) is 23.9 Å². The fourth-order valence-electron chi connectivity index (χ4n) is 3.05. The third-order valence-electron chi connectivity index (χ3n) is 4.60. The topological polar surface area (TPSA) is 94.6 Å². The number of aryl methyl sites for hydroxylation is 1. The second-order valence-corrected chi connectivity index (χ2v) is 6.83. The first-order chi connectivity index (χ1) is 14.5. The predicted molar refractivity (Wildman–Crippen MR) is 110 cm³/mol. The van der Waals surface area contributed by atoms with Crippen LogP contribution in [0.4, 0.5) is 0 Å². The number of esters is 1. The van der Waals surface area contributed by atoms with Crippen molar-refractivity contribution in [3.63, 3.8) is 0 Å². The molecule has 0 saturated heterocycles. The lowest BCUT2D eigenvalue weighted by Crippen LogP contribution is -2.35. The summed E-state index contributed by atoms with van der Waals surface area (Å²) in [7, 11) is 0. The lowest BCUT2D eigenvalue weighted by atomic mass is 10.1. The van der Waals surface area contributed by atoms with Crippen molar-refractivity contribution in [1.29, 1.82) is 0 Å². The molecule has 7 nitrogen and oxygen atoms in total. The minimum absolute atomic E-state index is 0.216. The van der Waals surface area contributed by atoms with Crippen LogP contribution in [0.1, 0.15) is 28.8 Å². The number of carbonyl (C=O) groups is 2. The van der Waals surface area contributed by atoms with Crippen molar-refractivity contribution >= 4 is 22.8 Å². The number of para-hydroxylation sites is 1. The maximum absolute atomic E-state index is 12.9. The summed E-state index contributed by atoms with van der Waals surface area (Å²) in [4.78, 5) is 29.8. The molecule has 0 saturated carbocycles. The maximum atomic E-state index is 12.9. The number of fused-ring (bicyclic) bond motifs is 1. The molecule has 0 unspecified atom stereocenters. The smallest absolute Gasteiger partial charge is 0.339 e. The highest BCUT2D eigenvalue weighted by Crippen LogP contribution is 2.27. The molecule has 30 heavy (non-hydrogen) atoms. The Balaban J connectivity index is 1.56. The molecule has 0 spiro atoms. The second-order valence-electron chi connectivity index (χ2n) is 6.83. The Morgan fingerprint density at radius 2 is 1.97 bits per heavy atom. The van der Waals surface area contributed by atoms with Crippen molar-refractivity contribution in [1.82, 2.24) is 10.3 Å². The van der Waals surface area contributed by atoms with Crippen LogP contribution in [-0.2, 0) is 16.1 Å². The zero-order chi connectivity index (χ0) is 21.1. The van der Waals surface area contributed by atoms with Gasteiger partial charge in [-0.3, -0.25) is 4.79 Å². The number of furan rings is 2. The first-order valence-electron chi connectivity index (χ1n) is 9.49. The molecule has 0 aliphatic rings. The second kappa shape index (κ2) is 8.24. The van der Waals surface area contributed by atoms with Crippen molar-refractivity contribution in [2.24, 2.45) is 0 Å². The third-order valence-corrected chi connectivity index (χ3v) is 4.60. The van der Waals surface area contributed by atoms with E-state index in [0.717, 1.165) is 5.76 Å². The summed E-state index contributed by atoms with van der Waals surface area (Å²) in [6.07, 6.45) is 0.547. The van der Waals surface area contributed by atoms with E-state index < -0.39 is 18.0 Å². The Morgan fingerprint density at radius 1 is 1.13 bits per heavy atom. The quantitative estimate of drug-likeness (QED) is 0.483. The van der Waals surface area contributed by atoms with E-state index in [1.807, 2.05) is 31.2 Å². The highest BCUT2D eigenvalue weighted by Gasteiger charge is 2.22. The zero-order valence-electron chi connectivity index (χ0n) is 16.5. The van der Waals surface area contributed by atoms with E-state index in [-0.39, 0.29) is 6.54 Å². The molecule has 0 bridgehead atoms. The standard InChI is InChI=1S/C23H20N2O5/c1-14-9-10-21(29-14)20-12-18(17-7-3-4-8-19(17)25-20)23(27)30-15(2)22(26)24-13-16-6-5-11-28-16/h3-12,15H,13H2,1-2H3,(H,24,26)/t15-/m0/s1. The largest absolute Gasteiger partial charge is 0.467 e. The molecule has 152 valence electrons. The van der Waals surface area contributed by atoms with Crippen LogP contribution in [0, 0.1) is 6.92 Å². The van der Waals surface area contributed by atoms with Gasteiger partial charge in [-0.2, -0.15) is 0 Å². The average Bonchev–Trinajstić information content (AvgIpc) is 3.42. The molecule has 1 amide bonds. The fourth-order valence-corrected chi connectivity index (χ4v) is 3.05. The van der Waals surface area contributed by atoms with Crippen LogP contribution in [0.25, 0.3) is 22.4 Å². The Bertz CT molecular complexity index is 1190. The average molecular weight is 404 g/mol. The van der Waals surface area contributed by atoms with E-state index >= 15 is 0 Å². The molecule has 3 aromatic heterocycles. The normalized spacial score (nSPS) is 11.9. The molecule has 7 heteroatoms. The van der Waals surface area contributed by atoms with Crippen molar-refractivity contribution in [3.05, 3.63) is 77.9 Å². The van der Waals surface area contributed by atoms with Crippen LogP contribution >= 0.6 is 0 Å². The van der Waals surface area contributed by atoms with Crippen molar-refractivity contribution < 1.29 is 23.2 Å². The summed E-state index contributed by atoms with van der Waals surface area (Å²) >= 11 is 0. The van der Waals surface area contributed by atoms with E-state index in [9.17, 15) is 9.59 Å². The molecule has 4 aromatic rings. The molecule has 0 radical (unpaired) electrons. The number of pyridine rings is 1. The van der Waals surface area contributed by atoms with Gasteiger partial charge in [-0.1, -0.05) is 18.2 Å². The first kappa shape index (κ1) is 19.4. The number of hydrogen-bond donors (Lipinski definition) is 1. The number of amides is 1. The van der Waals surface area contributed by atoms with Crippen LogP contribution in [0.5, 0.6) is 0 Å². The number of rotatable bonds is 6. The van der Waals surface area contributed by atoms with Gasteiger partial charge in [0.25, 0.3) is 5.91 Å². The maximum Gasteiger partial charge on any atom is 0.339 e. The number of benzene rings is 1. The molecular formula is C23H20N2O5. The van der Waals surface area contributed by atoms with Gasteiger partial charge in [0.2, 0.25) is 0 Å². The third kappa shape index (κ3) is 4.10. The van der Waals surface area contributed by atoms with Crippen molar-refractivity contribution in [3.8, 4) is 11.5 Å². The summed E-state index contributed by atoms with van der Waals surface area (Å²) in [5.74, 6) is 0.877. The van der Waals surface area contributed by atoms with Gasteiger partial charge >= 0.3 is 5.97 Å². The van der Waals surface area contributed by atoms with E-state index in [4.69, 9.17) is 13.6 Å². The summed E-state index contributed by atoms with van der Waals surface area (Å²) in [5.41, 5.74) is 1.46. The summed E-state index contributed by atoms with van der Waals surface area (Å²) in [6.45, 7) is 3.58. The van der Waals surface area contributed by atoms with Gasteiger partial charge in [0.15, 0.2) is 11.9 Å². The Hall–Kier alpha value is -3.87. The summed E-state index contributed by atoms with van der Waals surface area (Å²) in [6, 6.07) is 16.0. The lowest BCUT2D eigenvalue weighted by molar-refractivity contribution is -0.129.